The van der Waals surface area contributed by atoms with Gasteiger partial charge in [-0.2, -0.15) is 0 Å². The second-order valence-electron chi connectivity index (χ2n) is 2.23. The molecule has 0 aromatic rings. The Balaban J connectivity index is 3.54. The van der Waals surface area contributed by atoms with Crippen LogP contribution >= 0.6 is 0 Å². The summed E-state index contributed by atoms with van der Waals surface area (Å²) in [7, 11) is 1.50. The molecule has 4 N–H and O–H groups in total. The van der Waals surface area contributed by atoms with Gasteiger partial charge < -0.3 is 21.0 Å². The van der Waals surface area contributed by atoms with Crippen LogP contribution in [0, 0.1) is 0 Å². The van der Waals surface area contributed by atoms with Crippen LogP contribution in [0.1, 0.15) is 12.8 Å². The highest BCUT2D eigenvalue weighted by atomic mass is 16.4. The predicted octanol–water partition coefficient (Wildman–Crippen LogP) is -3.13. The van der Waals surface area contributed by atoms with Crippen molar-refractivity contribution in [3.8, 4) is 0 Å². The van der Waals surface area contributed by atoms with E-state index >= 15 is 0 Å². The third-order valence-electron chi connectivity index (χ3n) is 1.33. The highest BCUT2D eigenvalue weighted by molar-refractivity contribution is 5.76. The van der Waals surface area contributed by atoms with E-state index in [4.69, 9.17) is 0 Å². The Labute approximate surface area is 64.6 Å². The van der Waals surface area contributed by atoms with Crippen molar-refractivity contribution < 1.29 is 20.4 Å². The van der Waals surface area contributed by atoms with Crippen molar-refractivity contribution in [1.82, 2.24) is 5.32 Å². The Kier molecular flexibility index (Phi) is 4.21. The minimum Gasteiger partial charge on any atom is -0.544 e. The predicted molar refractivity (Wildman–Crippen MR) is 35.0 cm³/mol. The molecule has 0 saturated heterocycles. The van der Waals surface area contributed by atoms with Gasteiger partial charge >= 0.3 is 0 Å². The Morgan fingerprint density at radius 1 is 1.64 bits per heavy atom. The lowest BCUT2D eigenvalue weighted by molar-refractivity contribution is -0.438. The molecule has 0 saturated carbocycles. The maximum atomic E-state index is 10.6. The molecule has 1 atom stereocenters. The summed E-state index contributed by atoms with van der Waals surface area (Å²) < 4.78 is 0. The average molecular weight is 160 g/mol. The number of quaternary nitrogens is 1. The summed E-state index contributed by atoms with van der Waals surface area (Å²) in [4.78, 5) is 20.7. The number of nitrogens with one attached hydrogen (secondary N) is 1. The highest BCUT2D eigenvalue weighted by Crippen LogP contribution is 1.90. The number of carbonyl (C=O) groups excluding carboxylic acids is 2. The second-order valence-corrected chi connectivity index (χ2v) is 2.23. The van der Waals surface area contributed by atoms with Crippen LogP contribution in [0.3, 0.4) is 0 Å². The number of carboxylic acids is 1. The maximum absolute atomic E-state index is 10.6. The number of rotatable bonds is 4. The van der Waals surface area contributed by atoms with Crippen molar-refractivity contribution in [2.45, 2.75) is 18.9 Å². The molecular weight excluding hydrogens is 148 g/mol. The fraction of sp³-hybridized carbons (Fsp3) is 0.667. The molecule has 0 spiro atoms. The van der Waals surface area contributed by atoms with Crippen LogP contribution in [0.25, 0.3) is 0 Å². The standard InChI is InChI=1S/C6H12N2O3/c1-8-5(9)3-2-4(7)6(10)11/h4H,2-3,7H2,1H3,(H,8,9)(H,10,11)/t4-/m0/s1. The number of carboxylic acid groups (broad SMARTS) is 1. The van der Waals surface area contributed by atoms with E-state index in [1.54, 1.807) is 0 Å². The van der Waals surface area contributed by atoms with Crippen LogP contribution in [0.4, 0.5) is 0 Å². The van der Waals surface area contributed by atoms with E-state index in [1.165, 1.54) is 7.05 Å². The third-order valence-corrected chi connectivity index (χ3v) is 1.33. The SMILES string of the molecule is CNC(=O)CC[C@H]([NH3+])C(=O)[O-]. The van der Waals surface area contributed by atoms with E-state index in [-0.39, 0.29) is 18.7 Å². The van der Waals surface area contributed by atoms with E-state index in [9.17, 15) is 14.7 Å². The van der Waals surface area contributed by atoms with Crippen molar-refractivity contribution in [3.05, 3.63) is 0 Å². The van der Waals surface area contributed by atoms with Gasteiger partial charge in [-0.05, 0) is 0 Å². The van der Waals surface area contributed by atoms with E-state index in [0.717, 1.165) is 0 Å². The molecule has 0 aliphatic carbocycles. The molecule has 0 aromatic heterocycles. The lowest BCUT2D eigenvalue weighted by Gasteiger charge is -2.07. The molecule has 64 valence electrons. The Hall–Kier alpha value is -1.10. The van der Waals surface area contributed by atoms with Gasteiger partial charge in [-0.25, -0.2) is 0 Å². The quantitative estimate of drug-likeness (QED) is 0.455. The van der Waals surface area contributed by atoms with Gasteiger partial charge in [0.05, 0.1) is 5.97 Å². The molecule has 0 bridgehead atoms. The normalized spacial score (nSPS) is 12.2. The van der Waals surface area contributed by atoms with Gasteiger partial charge in [0.2, 0.25) is 5.91 Å². The molecule has 0 fully saturated rings. The molecule has 5 nitrogen and oxygen atoms in total. The smallest absolute Gasteiger partial charge is 0.219 e. The van der Waals surface area contributed by atoms with Gasteiger partial charge in [-0.1, -0.05) is 0 Å². The first-order valence-corrected chi connectivity index (χ1v) is 3.32. The molecule has 11 heavy (non-hydrogen) atoms. The second kappa shape index (κ2) is 4.68. The van der Waals surface area contributed by atoms with Crippen LogP contribution in [0.5, 0.6) is 0 Å². The van der Waals surface area contributed by atoms with Crippen LogP contribution < -0.4 is 16.2 Å². The molecular formula is C6H12N2O3. The molecule has 0 unspecified atom stereocenters. The van der Waals surface area contributed by atoms with E-state index in [2.05, 4.69) is 11.1 Å². The lowest BCUT2D eigenvalue weighted by Crippen LogP contribution is -2.68. The first kappa shape index (κ1) is 9.90. The van der Waals surface area contributed by atoms with E-state index in [0.29, 0.717) is 0 Å². The summed E-state index contributed by atoms with van der Waals surface area (Å²) in [5, 5.41) is 12.5. The molecule has 0 radical (unpaired) electrons. The molecule has 0 rings (SSSR count). The monoisotopic (exact) mass is 160 g/mol. The molecule has 0 aliphatic rings. The number of aliphatic carboxylic acids is 1. The van der Waals surface area contributed by atoms with Gasteiger partial charge in [0.15, 0.2) is 0 Å². The molecule has 0 aliphatic heterocycles. The van der Waals surface area contributed by atoms with Crippen LogP contribution in [0.2, 0.25) is 0 Å². The number of carbonyl (C=O) groups is 2. The number of hydrogen-bond donors (Lipinski definition) is 2. The number of amides is 1. The van der Waals surface area contributed by atoms with Gasteiger partial charge in [0, 0.05) is 19.9 Å². The topological polar surface area (TPSA) is 96.9 Å². The fourth-order valence-electron chi connectivity index (χ4n) is 0.548. The lowest BCUT2D eigenvalue weighted by atomic mass is 10.1. The van der Waals surface area contributed by atoms with Crippen molar-refractivity contribution in [2.75, 3.05) is 7.05 Å². The van der Waals surface area contributed by atoms with Crippen LogP contribution in [-0.4, -0.2) is 25.0 Å². The molecule has 5 heteroatoms. The number of hydrogen-bond acceptors (Lipinski definition) is 3. The van der Waals surface area contributed by atoms with E-state index < -0.39 is 12.0 Å². The molecule has 0 heterocycles. The van der Waals surface area contributed by atoms with E-state index in [1.807, 2.05) is 0 Å². The summed E-state index contributed by atoms with van der Waals surface area (Å²) in [6.45, 7) is 0. The first-order valence-electron chi connectivity index (χ1n) is 3.32. The Morgan fingerprint density at radius 3 is 2.55 bits per heavy atom. The fourth-order valence-corrected chi connectivity index (χ4v) is 0.548. The molecule has 0 aromatic carbocycles. The highest BCUT2D eigenvalue weighted by Gasteiger charge is 2.08. The zero-order valence-corrected chi connectivity index (χ0v) is 6.42. The summed E-state index contributed by atoms with van der Waals surface area (Å²) in [5.74, 6) is -1.39. The van der Waals surface area contributed by atoms with Gasteiger partial charge in [-0.3, -0.25) is 4.79 Å². The van der Waals surface area contributed by atoms with Crippen molar-refractivity contribution in [3.63, 3.8) is 0 Å². The molecule has 1 amide bonds. The summed E-state index contributed by atoms with van der Waals surface area (Å²) in [5.41, 5.74) is 3.30. The Bertz CT molecular complexity index is 158. The minimum absolute atomic E-state index is 0.179. The summed E-state index contributed by atoms with van der Waals surface area (Å²) >= 11 is 0. The Morgan fingerprint density at radius 2 is 2.18 bits per heavy atom. The summed E-state index contributed by atoms with van der Waals surface area (Å²) in [6.07, 6.45) is 0.403. The summed E-state index contributed by atoms with van der Waals surface area (Å²) in [6, 6.07) is -0.799. The first-order chi connectivity index (χ1) is 5.07. The van der Waals surface area contributed by atoms with Crippen molar-refractivity contribution in [1.29, 1.82) is 0 Å². The van der Waals surface area contributed by atoms with Crippen molar-refractivity contribution >= 4 is 11.9 Å². The van der Waals surface area contributed by atoms with Gasteiger partial charge in [0.25, 0.3) is 0 Å². The zero-order chi connectivity index (χ0) is 8.85. The minimum atomic E-state index is -1.21. The van der Waals surface area contributed by atoms with Crippen LogP contribution in [-0.2, 0) is 9.59 Å². The van der Waals surface area contributed by atoms with Gasteiger partial charge in [0.1, 0.15) is 6.04 Å². The zero-order valence-electron chi connectivity index (χ0n) is 6.42. The average Bonchev–Trinajstić information content (AvgIpc) is 1.99. The van der Waals surface area contributed by atoms with Crippen molar-refractivity contribution in [2.24, 2.45) is 0 Å². The van der Waals surface area contributed by atoms with Crippen LogP contribution in [0.15, 0.2) is 0 Å². The maximum Gasteiger partial charge on any atom is 0.219 e. The largest absolute Gasteiger partial charge is 0.544 e. The third kappa shape index (κ3) is 4.32. The van der Waals surface area contributed by atoms with Gasteiger partial charge in [-0.15, -0.1) is 0 Å².